The van der Waals surface area contributed by atoms with Crippen molar-refractivity contribution in [3.8, 4) is 0 Å². The lowest BCUT2D eigenvalue weighted by molar-refractivity contribution is -0.134. The van der Waals surface area contributed by atoms with E-state index in [1.165, 1.54) is 19.3 Å². The Balaban J connectivity index is 0.00000312. The third kappa shape index (κ3) is 5.53. The third-order valence-corrected chi connectivity index (χ3v) is 6.48. The average molecular weight is 387 g/mol. The number of hydrogen-bond acceptors (Lipinski definition) is 3. The Hall–Kier alpha value is -0.910. The first-order valence-corrected chi connectivity index (χ1v) is 10.3. The van der Waals surface area contributed by atoms with Gasteiger partial charge in [0.05, 0.1) is 6.04 Å². The number of carbonyl (C=O) groups is 1. The highest BCUT2D eigenvalue weighted by molar-refractivity contribution is 7.84. The Morgan fingerprint density at radius 1 is 1.24 bits per heavy atom. The molecule has 2 atom stereocenters. The second-order valence-corrected chi connectivity index (χ2v) is 8.52. The highest BCUT2D eigenvalue weighted by Crippen LogP contribution is 2.39. The van der Waals surface area contributed by atoms with E-state index in [0.29, 0.717) is 13.0 Å². The van der Waals surface area contributed by atoms with Crippen LogP contribution in [0.25, 0.3) is 0 Å². The first-order valence-electron chi connectivity index (χ1n) is 8.78. The van der Waals surface area contributed by atoms with Crippen molar-refractivity contribution in [1.82, 2.24) is 4.90 Å². The summed E-state index contributed by atoms with van der Waals surface area (Å²) in [5, 5.41) is 0. The SMILES string of the molecule is CC(c1ccc(S(C)=O)cc1)N(C)C(=O)CC1(CN)CCCCC1.Cl. The van der Waals surface area contributed by atoms with Crippen LogP contribution in [0.2, 0.25) is 0 Å². The van der Waals surface area contributed by atoms with Crippen molar-refractivity contribution in [2.24, 2.45) is 11.1 Å². The minimum Gasteiger partial charge on any atom is -0.339 e. The zero-order valence-electron chi connectivity index (χ0n) is 15.5. The number of hydrogen-bond donors (Lipinski definition) is 1. The smallest absolute Gasteiger partial charge is 0.223 e. The van der Waals surface area contributed by atoms with Gasteiger partial charge in [-0.25, -0.2) is 0 Å². The van der Waals surface area contributed by atoms with E-state index in [0.717, 1.165) is 23.3 Å². The van der Waals surface area contributed by atoms with Gasteiger partial charge in [-0.2, -0.15) is 0 Å². The fourth-order valence-corrected chi connectivity index (χ4v) is 4.10. The van der Waals surface area contributed by atoms with Gasteiger partial charge in [0.2, 0.25) is 5.91 Å². The monoisotopic (exact) mass is 386 g/mol. The van der Waals surface area contributed by atoms with Crippen molar-refractivity contribution in [1.29, 1.82) is 0 Å². The molecule has 1 fully saturated rings. The summed E-state index contributed by atoms with van der Waals surface area (Å²) in [5.41, 5.74) is 7.07. The summed E-state index contributed by atoms with van der Waals surface area (Å²) in [6, 6.07) is 7.68. The van der Waals surface area contributed by atoms with Crippen molar-refractivity contribution in [2.75, 3.05) is 19.8 Å². The Bertz CT molecular complexity index is 586. The van der Waals surface area contributed by atoms with Crippen molar-refractivity contribution in [3.63, 3.8) is 0 Å². The van der Waals surface area contributed by atoms with Crippen LogP contribution < -0.4 is 5.73 Å². The van der Waals surface area contributed by atoms with Crippen LogP contribution in [-0.4, -0.2) is 34.9 Å². The Morgan fingerprint density at radius 2 is 1.80 bits per heavy atom. The lowest BCUT2D eigenvalue weighted by Crippen LogP contribution is -2.40. The average Bonchev–Trinajstić information content (AvgIpc) is 2.61. The van der Waals surface area contributed by atoms with Gasteiger partial charge >= 0.3 is 0 Å². The molecule has 1 saturated carbocycles. The summed E-state index contributed by atoms with van der Waals surface area (Å²) < 4.78 is 11.5. The van der Waals surface area contributed by atoms with Gasteiger partial charge in [-0.15, -0.1) is 12.4 Å². The zero-order valence-corrected chi connectivity index (χ0v) is 17.1. The van der Waals surface area contributed by atoms with E-state index in [1.54, 1.807) is 6.26 Å². The van der Waals surface area contributed by atoms with Crippen molar-refractivity contribution in [3.05, 3.63) is 29.8 Å². The minimum absolute atomic E-state index is 0. The molecule has 2 N–H and O–H groups in total. The van der Waals surface area contributed by atoms with Gasteiger partial charge in [0, 0.05) is 35.4 Å². The summed E-state index contributed by atoms with van der Waals surface area (Å²) in [6.07, 6.45) is 7.96. The van der Waals surface area contributed by atoms with Crippen LogP contribution in [0.4, 0.5) is 0 Å². The summed E-state index contributed by atoms with van der Waals surface area (Å²) in [4.78, 5) is 15.4. The summed E-state index contributed by atoms with van der Waals surface area (Å²) in [5.74, 6) is 0.165. The lowest BCUT2D eigenvalue weighted by atomic mass is 9.71. The normalized spacial score (nSPS) is 18.7. The maximum absolute atomic E-state index is 12.8. The lowest BCUT2D eigenvalue weighted by Gasteiger charge is -2.37. The number of rotatable bonds is 6. The molecule has 6 heteroatoms. The maximum atomic E-state index is 12.8. The third-order valence-electron chi connectivity index (χ3n) is 5.54. The molecule has 1 aromatic rings. The molecule has 2 rings (SSSR count). The molecule has 0 aliphatic heterocycles. The van der Waals surface area contributed by atoms with Crippen molar-refractivity contribution < 1.29 is 9.00 Å². The number of carbonyl (C=O) groups excluding carboxylic acids is 1. The Labute approximate surface area is 160 Å². The maximum Gasteiger partial charge on any atom is 0.223 e. The van der Waals surface area contributed by atoms with E-state index in [4.69, 9.17) is 5.73 Å². The molecule has 0 bridgehead atoms. The molecule has 1 aliphatic carbocycles. The molecule has 0 spiro atoms. The van der Waals surface area contributed by atoms with Crippen LogP contribution in [-0.2, 0) is 15.6 Å². The van der Waals surface area contributed by atoms with E-state index in [9.17, 15) is 9.00 Å². The minimum atomic E-state index is -0.976. The first kappa shape index (κ1) is 22.1. The van der Waals surface area contributed by atoms with Gasteiger partial charge in [0.1, 0.15) is 0 Å². The van der Waals surface area contributed by atoms with Crippen LogP contribution in [0.1, 0.15) is 57.1 Å². The molecule has 4 nitrogen and oxygen atoms in total. The van der Waals surface area contributed by atoms with E-state index < -0.39 is 10.8 Å². The molecule has 1 amide bonds. The van der Waals surface area contributed by atoms with Crippen LogP contribution in [0, 0.1) is 5.41 Å². The predicted molar refractivity (Wildman–Crippen MR) is 106 cm³/mol. The molecule has 2 unspecified atom stereocenters. The largest absolute Gasteiger partial charge is 0.339 e. The molecule has 25 heavy (non-hydrogen) atoms. The van der Waals surface area contributed by atoms with E-state index in [1.807, 2.05) is 43.1 Å². The van der Waals surface area contributed by atoms with Crippen LogP contribution in [0.3, 0.4) is 0 Å². The van der Waals surface area contributed by atoms with E-state index in [-0.39, 0.29) is 29.8 Å². The highest BCUT2D eigenvalue weighted by atomic mass is 35.5. The number of halogens is 1. The van der Waals surface area contributed by atoms with Crippen LogP contribution >= 0.6 is 12.4 Å². The number of benzene rings is 1. The molecule has 0 aromatic heterocycles. The van der Waals surface area contributed by atoms with E-state index >= 15 is 0 Å². The summed E-state index contributed by atoms with van der Waals surface area (Å²) in [7, 11) is 0.891. The Morgan fingerprint density at radius 3 is 2.28 bits per heavy atom. The second kappa shape index (κ2) is 9.70. The molecule has 0 radical (unpaired) electrons. The quantitative estimate of drug-likeness (QED) is 0.811. The summed E-state index contributed by atoms with van der Waals surface area (Å²) in [6.45, 7) is 2.63. The van der Waals surface area contributed by atoms with E-state index in [2.05, 4.69) is 0 Å². The van der Waals surface area contributed by atoms with Crippen LogP contribution in [0.5, 0.6) is 0 Å². The molecule has 0 heterocycles. The molecular formula is C19H31ClN2O2S. The standard InChI is InChI=1S/C19H30N2O2S.ClH/c1-15(16-7-9-17(10-8-16)24(3)23)21(2)18(22)13-19(14-20)11-5-4-6-12-19;/h7-10,15H,4-6,11-14,20H2,1-3H3;1H. The van der Waals surface area contributed by atoms with Gasteiger partial charge in [0.15, 0.2) is 0 Å². The van der Waals surface area contributed by atoms with Gasteiger partial charge < -0.3 is 10.6 Å². The fourth-order valence-electron chi connectivity index (χ4n) is 3.58. The Kier molecular flexibility index (Phi) is 8.58. The predicted octanol–water partition coefficient (Wildman–Crippen LogP) is 3.66. The number of amides is 1. The van der Waals surface area contributed by atoms with Gasteiger partial charge in [0.25, 0.3) is 0 Å². The van der Waals surface area contributed by atoms with Gasteiger partial charge in [-0.3, -0.25) is 9.00 Å². The number of nitrogens with two attached hydrogens (primary N) is 1. The summed E-state index contributed by atoms with van der Waals surface area (Å²) >= 11 is 0. The van der Waals surface area contributed by atoms with Gasteiger partial charge in [-0.1, -0.05) is 31.4 Å². The fraction of sp³-hybridized carbons (Fsp3) is 0.632. The van der Waals surface area contributed by atoms with Crippen LogP contribution in [0.15, 0.2) is 29.2 Å². The molecule has 142 valence electrons. The zero-order chi connectivity index (χ0) is 17.7. The topological polar surface area (TPSA) is 63.4 Å². The second-order valence-electron chi connectivity index (χ2n) is 7.15. The van der Waals surface area contributed by atoms with Crippen molar-refractivity contribution in [2.45, 2.75) is 56.4 Å². The molecule has 1 aromatic carbocycles. The highest BCUT2D eigenvalue weighted by Gasteiger charge is 2.34. The molecule has 1 aliphatic rings. The molecule has 0 saturated heterocycles. The van der Waals surface area contributed by atoms with Gasteiger partial charge in [-0.05, 0) is 49.4 Å². The number of nitrogens with zero attached hydrogens (tertiary/aromatic N) is 1. The molecular weight excluding hydrogens is 356 g/mol. The van der Waals surface area contributed by atoms with Crippen molar-refractivity contribution >= 4 is 29.1 Å². The first-order chi connectivity index (χ1) is 11.4.